The van der Waals surface area contributed by atoms with Crippen LogP contribution in [0.3, 0.4) is 0 Å². The second kappa shape index (κ2) is 6.41. The summed E-state index contributed by atoms with van der Waals surface area (Å²) in [7, 11) is 0. The lowest BCUT2D eigenvalue weighted by molar-refractivity contribution is -0.129. The van der Waals surface area contributed by atoms with Crippen LogP contribution >= 0.6 is 0 Å². The molecule has 1 amide bonds. The topological polar surface area (TPSA) is 64.6 Å². The van der Waals surface area contributed by atoms with E-state index in [1.807, 2.05) is 6.92 Å². The minimum Gasteiger partial charge on any atom is -0.493 e. The maximum Gasteiger partial charge on any atom is 0.342 e. The van der Waals surface area contributed by atoms with Crippen molar-refractivity contribution >= 4 is 11.9 Å². The van der Waals surface area contributed by atoms with Crippen LogP contribution in [0.15, 0.2) is 24.3 Å². The van der Waals surface area contributed by atoms with E-state index in [0.717, 1.165) is 12.8 Å². The van der Waals surface area contributed by atoms with Gasteiger partial charge in [-0.25, -0.2) is 4.79 Å². The highest BCUT2D eigenvalue weighted by Crippen LogP contribution is 2.21. The van der Waals surface area contributed by atoms with Crippen molar-refractivity contribution in [2.24, 2.45) is 0 Å². The van der Waals surface area contributed by atoms with Gasteiger partial charge in [-0.05, 0) is 38.8 Å². The Morgan fingerprint density at radius 2 is 2.05 bits per heavy atom. The van der Waals surface area contributed by atoms with Crippen LogP contribution in [-0.2, 0) is 9.53 Å². The molecule has 1 aliphatic rings. The summed E-state index contributed by atoms with van der Waals surface area (Å²) >= 11 is 0. The first-order chi connectivity index (χ1) is 9.61. The van der Waals surface area contributed by atoms with E-state index >= 15 is 0 Å². The molecule has 1 N–H and O–H groups in total. The Morgan fingerprint density at radius 3 is 2.70 bits per heavy atom. The van der Waals surface area contributed by atoms with Crippen LogP contribution in [0.5, 0.6) is 5.75 Å². The highest BCUT2D eigenvalue weighted by Gasteiger charge is 2.27. The highest BCUT2D eigenvalue weighted by atomic mass is 16.5. The fourth-order valence-electron chi connectivity index (χ4n) is 1.74. The molecule has 1 aromatic carbocycles. The molecule has 5 heteroatoms. The van der Waals surface area contributed by atoms with Crippen molar-refractivity contribution in [2.45, 2.75) is 38.8 Å². The van der Waals surface area contributed by atoms with Crippen LogP contribution < -0.4 is 10.1 Å². The van der Waals surface area contributed by atoms with Gasteiger partial charge in [-0.15, -0.1) is 0 Å². The molecule has 1 aliphatic carbocycles. The number of benzene rings is 1. The number of carbonyl (C=O) groups excluding carboxylic acids is 2. The number of amides is 1. The van der Waals surface area contributed by atoms with Crippen LogP contribution in [0.2, 0.25) is 0 Å². The van der Waals surface area contributed by atoms with E-state index in [0.29, 0.717) is 17.9 Å². The minimum atomic E-state index is -0.808. The van der Waals surface area contributed by atoms with Crippen molar-refractivity contribution in [1.82, 2.24) is 5.32 Å². The third-order valence-corrected chi connectivity index (χ3v) is 2.98. The largest absolute Gasteiger partial charge is 0.493 e. The number of ether oxygens (including phenoxy) is 2. The third kappa shape index (κ3) is 3.73. The summed E-state index contributed by atoms with van der Waals surface area (Å²) in [6.45, 7) is 3.87. The molecule has 0 radical (unpaired) electrons. The minimum absolute atomic E-state index is 0.249. The number of esters is 1. The van der Waals surface area contributed by atoms with Gasteiger partial charge >= 0.3 is 5.97 Å². The Bertz CT molecular complexity index is 496. The summed E-state index contributed by atoms with van der Waals surface area (Å²) in [5.41, 5.74) is 0.334. The lowest BCUT2D eigenvalue weighted by atomic mass is 10.2. The van der Waals surface area contributed by atoms with Gasteiger partial charge in [-0.2, -0.15) is 0 Å². The predicted octanol–water partition coefficient (Wildman–Crippen LogP) is 1.91. The second-order valence-corrected chi connectivity index (χ2v) is 4.76. The summed E-state index contributed by atoms with van der Waals surface area (Å²) in [4.78, 5) is 23.8. The summed E-state index contributed by atoms with van der Waals surface area (Å²) < 4.78 is 10.6. The number of para-hydroxylation sites is 1. The average molecular weight is 277 g/mol. The van der Waals surface area contributed by atoms with Gasteiger partial charge in [0.2, 0.25) is 0 Å². The van der Waals surface area contributed by atoms with E-state index in [2.05, 4.69) is 5.32 Å². The van der Waals surface area contributed by atoms with Crippen LogP contribution in [0.25, 0.3) is 0 Å². The van der Waals surface area contributed by atoms with Crippen molar-refractivity contribution in [3.63, 3.8) is 0 Å². The number of hydrogen-bond donors (Lipinski definition) is 1. The van der Waals surface area contributed by atoms with Crippen molar-refractivity contribution in [1.29, 1.82) is 0 Å². The molecule has 0 aliphatic heterocycles. The molecule has 1 atom stereocenters. The maximum absolute atomic E-state index is 12.1. The molecule has 0 heterocycles. The van der Waals surface area contributed by atoms with Gasteiger partial charge in [0.1, 0.15) is 11.3 Å². The van der Waals surface area contributed by atoms with Gasteiger partial charge in [0, 0.05) is 6.04 Å². The standard InChI is InChI=1S/C15H19NO4/c1-3-19-13-7-5-4-6-12(13)15(18)20-10(2)14(17)16-11-8-9-11/h4-7,10-11H,3,8-9H2,1-2H3,(H,16,17)/t10-/m0/s1. The summed E-state index contributed by atoms with van der Waals surface area (Å²) in [6, 6.07) is 7.09. The van der Waals surface area contributed by atoms with E-state index in [4.69, 9.17) is 9.47 Å². The van der Waals surface area contributed by atoms with E-state index < -0.39 is 12.1 Å². The Kier molecular flexibility index (Phi) is 4.61. The summed E-state index contributed by atoms with van der Waals surface area (Å²) in [6.07, 6.45) is 1.19. The van der Waals surface area contributed by atoms with Gasteiger partial charge in [0.25, 0.3) is 5.91 Å². The first kappa shape index (κ1) is 14.4. The van der Waals surface area contributed by atoms with E-state index in [-0.39, 0.29) is 11.9 Å². The third-order valence-electron chi connectivity index (χ3n) is 2.98. The normalized spacial score (nSPS) is 15.3. The lowest BCUT2D eigenvalue weighted by Gasteiger charge is -2.14. The van der Waals surface area contributed by atoms with Gasteiger partial charge in [0.05, 0.1) is 6.61 Å². The zero-order chi connectivity index (χ0) is 14.5. The molecule has 5 nitrogen and oxygen atoms in total. The number of rotatable bonds is 6. The van der Waals surface area contributed by atoms with Crippen molar-refractivity contribution < 1.29 is 19.1 Å². The number of hydrogen-bond acceptors (Lipinski definition) is 4. The van der Waals surface area contributed by atoms with Crippen molar-refractivity contribution in [2.75, 3.05) is 6.61 Å². The van der Waals surface area contributed by atoms with Gasteiger partial charge in [0.15, 0.2) is 6.10 Å². The Hall–Kier alpha value is -2.04. The lowest BCUT2D eigenvalue weighted by Crippen LogP contribution is -2.37. The van der Waals surface area contributed by atoms with E-state index in [9.17, 15) is 9.59 Å². The molecule has 0 saturated heterocycles. The smallest absolute Gasteiger partial charge is 0.342 e. The molecular weight excluding hydrogens is 258 g/mol. The molecular formula is C15H19NO4. The maximum atomic E-state index is 12.1. The SMILES string of the molecule is CCOc1ccccc1C(=O)O[C@@H](C)C(=O)NC1CC1. The molecule has 20 heavy (non-hydrogen) atoms. The Morgan fingerprint density at radius 1 is 1.35 bits per heavy atom. The molecule has 108 valence electrons. The van der Waals surface area contributed by atoms with Gasteiger partial charge < -0.3 is 14.8 Å². The molecule has 2 rings (SSSR count). The second-order valence-electron chi connectivity index (χ2n) is 4.76. The first-order valence-corrected chi connectivity index (χ1v) is 6.85. The first-order valence-electron chi connectivity index (χ1n) is 6.85. The molecule has 0 aromatic heterocycles. The molecule has 0 unspecified atom stereocenters. The zero-order valence-corrected chi connectivity index (χ0v) is 11.7. The van der Waals surface area contributed by atoms with Crippen LogP contribution in [0.4, 0.5) is 0 Å². The Balaban J connectivity index is 1.98. The molecule has 0 spiro atoms. The van der Waals surface area contributed by atoms with Gasteiger partial charge in [-0.1, -0.05) is 12.1 Å². The zero-order valence-electron chi connectivity index (χ0n) is 11.7. The fourth-order valence-corrected chi connectivity index (χ4v) is 1.74. The average Bonchev–Trinajstić information content (AvgIpc) is 3.23. The molecule has 0 bridgehead atoms. The molecule has 1 aromatic rings. The van der Waals surface area contributed by atoms with Gasteiger partial charge in [-0.3, -0.25) is 4.79 Å². The van der Waals surface area contributed by atoms with E-state index in [1.165, 1.54) is 0 Å². The van der Waals surface area contributed by atoms with Crippen LogP contribution in [-0.4, -0.2) is 30.6 Å². The highest BCUT2D eigenvalue weighted by molar-refractivity contribution is 5.94. The number of nitrogens with one attached hydrogen (secondary N) is 1. The van der Waals surface area contributed by atoms with Crippen molar-refractivity contribution in [3.8, 4) is 5.75 Å². The quantitative estimate of drug-likeness (QED) is 0.807. The fraction of sp³-hybridized carbons (Fsp3) is 0.467. The Labute approximate surface area is 118 Å². The van der Waals surface area contributed by atoms with Crippen LogP contribution in [0.1, 0.15) is 37.0 Å². The predicted molar refractivity (Wildman–Crippen MR) is 73.7 cm³/mol. The summed E-state index contributed by atoms with van der Waals surface area (Å²) in [5, 5.41) is 2.80. The van der Waals surface area contributed by atoms with Crippen LogP contribution in [0, 0.1) is 0 Å². The summed E-state index contributed by atoms with van der Waals surface area (Å²) in [5.74, 6) is -0.336. The molecule has 1 fully saturated rings. The van der Waals surface area contributed by atoms with Crippen molar-refractivity contribution in [3.05, 3.63) is 29.8 Å². The molecule has 1 saturated carbocycles. The van der Waals surface area contributed by atoms with E-state index in [1.54, 1.807) is 31.2 Å². The monoisotopic (exact) mass is 277 g/mol. The number of carbonyl (C=O) groups is 2.